The number of ether oxygens (including phenoxy) is 1. The van der Waals surface area contributed by atoms with Crippen molar-refractivity contribution in [3.8, 4) is 0 Å². The Hall–Kier alpha value is -2.21. The van der Waals surface area contributed by atoms with Gasteiger partial charge in [-0.2, -0.15) is 5.10 Å². The van der Waals surface area contributed by atoms with E-state index in [9.17, 15) is 4.79 Å². The highest BCUT2D eigenvalue weighted by molar-refractivity contribution is 5.92. The highest BCUT2D eigenvalue weighted by Gasteiger charge is 2.25. The molecule has 24 heavy (non-hydrogen) atoms. The number of aryl methyl sites for hydroxylation is 1. The molecule has 0 radical (unpaired) electrons. The summed E-state index contributed by atoms with van der Waals surface area (Å²) >= 11 is 0. The molecule has 1 saturated heterocycles. The summed E-state index contributed by atoms with van der Waals surface area (Å²) in [7, 11) is 0. The zero-order chi connectivity index (χ0) is 16.8. The molecule has 6 nitrogen and oxygen atoms in total. The first kappa shape index (κ1) is 16.6. The molecule has 3 rings (SSSR count). The Balaban J connectivity index is 1.75. The lowest BCUT2D eigenvalue weighted by Gasteiger charge is -2.24. The lowest BCUT2D eigenvalue weighted by Crippen LogP contribution is -2.37. The van der Waals surface area contributed by atoms with Crippen LogP contribution in [-0.2, 0) is 17.7 Å². The summed E-state index contributed by atoms with van der Waals surface area (Å²) in [6.07, 6.45) is 7.61. The Morgan fingerprint density at radius 1 is 1.50 bits per heavy atom. The normalized spacial score (nSPS) is 17.1. The second-order valence-corrected chi connectivity index (χ2v) is 6.21. The van der Waals surface area contributed by atoms with Crippen LogP contribution in [0.25, 0.3) is 0 Å². The summed E-state index contributed by atoms with van der Waals surface area (Å²) < 4.78 is 5.71. The number of pyridine rings is 1. The number of hydrogen-bond donors (Lipinski definition) is 1. The molecule has 1 unspecified atom stereocenters. The number of carbonyl (C=O) groups is 1. The van der Waals surface area contributed by atoms with Crippen molar-refractivity contribution < 1.29 is 9.53 Å². The van der Waals surface area contributed by atoms with Gasteiger partial charge in [-0.25, -0.2) is 0 Å². The van der Waals surface area contributed by atoms with Gasteiger partial charge in [0, 0.05) is 37.8 Å². The fourth-order valence-corrected chi connectivity index (χ4v) is 3.00. The average Bonchev–Trinajstić information content (AvgIpc) is 3.27. The van der Waals surface area contributed by atoms with Crippen LogP contribution in [0.1, 0.15) is 47.9 Å². The molecule has 1 atom stereocenters. The summed E-state index contributed by atoms with van der Waals surface area (Å²) in [6, 6.07) is 5.73. The zero-order valence-corrected chi connectivity index (χ0v) is 14.1. The number of H-pyrrole nitrogens is 1. The second-order valence-electron chi connectivity index (χ2n) is 6.21. The molecule has 0 saturated carbocycles. The number of rotatable bonds is 7. The maximum absolute atomic E-state index is 12.9. The van der Waals surface area contributed by atoms with Crippen LogP contribution in [0, 0.1) is 0 Å². The molecule has 1 aliphatic heterocycles. The Morgan fingerprint density at radius 2 is 2.42 bits per heavy atom. The molecule has 0 aliphatic carbocycles. The number of aromatic amines is 1. The average molecular weight is 328 g/mol. The molecule has 1 N–H and O–H groups in total. The van der Waals surface area contributed by atoms with E-state index in [4.69, 9.17) is 4.74 Å². The molecule has 6 heteroatoms. The summed E-state index contributed by atoms with van der Waals surface area (Å²) in [5, 5.41) is 7.16. The van der Waals surface area contributed by atoms with E-state index in [2.05, 4.69) is 22.1 Å². The van der Waals surface area contributed by atoms with Crippen LogP contribution in [0.4, 0.5) is 0 Å². The second kappa shape index (κ2) is 8.06. The third kappa shape index (κ3) is 4.20. The van der Waals surface area contributed by atoms with Gasteiger partial charge >= 0.3 is 0 Å². The third-order valence-electron chi connectivity index (χ3n) is 4.20. The van der Waals surface area contributed by atoms with Gasteiger partial charge in [-0.05, 0) is 37.0 Å². The molecule has 1 aliphatic rings. The number of amides is 1. The molecule has 2 aromatic heterocycles. The maximum Gasteiger partial charge on any atom is 0.274 e. The lowest BCUT2D eigenvalue weighted by molar-refractivity contribution is 0.0502. The van der Waals surface area contributed by atoms with Crippen molar-refractivity contribution in [3.63, 3.8) is 0 Å². The van der Waals surface area contributed by atoms with Crippen molar-refractivity contribution in [2.24, 2.45) is 0 Å². The highest BCUT2D eigenvalue weighted by Crippen LogP contribution is 2.17. The highest BCUT2D eigenvalue weighted by atomic mass is 16.5. The predicted molar refractivity (Wildman–Crippen MR) is 90.5 cm³/mol. The van der Waals surface area contributed by atoms with Crippen molar-refractivity contribution in [1.29, 1.82) is 0 Å². The van der Waals surface area contributed by atoms with Gasteiger partial charge in [-0.3, -0.25) is 14.9 Å². The molecule has 0 aromatic carbocycles. The minimum absolute atomic E-state index is 0.0621. The fraction of sp³-hybridized carbons (Fsp3) is 0.500. The Morgan fingerprint density at radius 3 is 3.12 bits per heavy atom. The predicted octanol–water partition coefficient (Wildman–Crippen LogP) is 2.58. The van der Waals surface area contributed by atoms with Crippen molar-refractivity contribution >= 4 is 5.91 Å². The van der Waals surface area contributed by atoms with Crippen LogP contribution in [0.3, 0.4) is 0 Å². The Labute approximate surface area is 142 Å². The molecule has 1 amide bonds. The van der Waals surface area contributed by atoms with Crippen LogP contribution < -0.4 is 0 Å². The van der Waals surface area contributed by atoms with E-state index in [-0.39, 0.29) is 12.0 Å². The molecular weight excluding hydrogens is 304 g/mol. The van der Waals surface area contributed by atoms with Crippen LogP contribution in [-0.4, -0.2) is 45.2 Å². The minimum Gasteiger partial charge on any atom is -0.376 e. The van der Waals surface area contributed by atoms with Crippen LogP contribution in [0.5, 0.6) is 0 Å². The van der Waals surface area contributed by atoms with Crippen LogP contribution >= 0.6 is 0 Å². The Kier molecular flexibility index (Phi) is 5.59. The molecule has 3 heterocycles. The summed E-state index contributed by atoms with van der Waals surface area (Å²) in [5.74, 6) is -0.0621. The van der Waals surface area contributed by atoms with Crippen molar-refractivity contribution in [3.05, 3.63) is 47.5 Å². The Bertz CT molecular complexity index is 650. The molecule has 0 spiro atoms. The van der Waals surface area contributed by atoms with Gasteiger partial charge in [0.2, 0.25) is 0 Å². The number of nitrogens with zero attached hydrogens (tertiary/aromatic N) is 3. The number of hydrogen-bond acceptors (Lipinski definition) is 4. The first-order chi connectivity index (χ1) is 11.8. The monoisotopic (exact) mass is 328 g/mol. The summed E-state index contributed by atoms with van der Waals surface area (Å²) in [4.78, 5) is 18.9. The first-order valence-electron chi connectivity index (χ1n) is 8.60. The van der Waals surface area contributed by atoms with Gasteiger partial charge in [0.25, 0.3) is 5.91 Å². The van der Waals surface area contributed by atoms with Gasteiger partial charge in [0.15, 0.2) is 0 Å². The molecular formula is C18H24N4O2. The van der Waals surface area contributed by atoms with E-state index in [1.54, 1.807) is 12.4 Å². The van der Waals surface area contributed by atoms with Gasteiger partial charge in [-0.15, -0.1) is 0 Å². The zero-order valence-electron chi connectivity index (χ0n) is 14.1. The number of nitrogens with one attached hydrogen (secondary N) is 1. The molecule has 128 valence electrons. The van der Waals surface area contributed by atoms with Crippen molar-refractivity contribution in [2.45, 2.75) is 45.3 Å². The summed E-state index contributed by atoms with van der Waals surface area (Å²) in [5.41, 5.74) is 2.48. The first-order valence-corrected chi connectivity index (χ1v) is 8.60. The quantitative estimate of drug-likeness (QED) is 0.848. The molecule has 1 fully saturated rings. The minimum atomic E-state index is -0.0621. The number of aromatic nitrogens is 3. The number of carbonyl (C=O) groups excluding carboxylic acids is 1. The molecule has 0 bridgehead atoms. The van der Waals surface area contributed by atoms with E-state index in [0.29, 0.717) is 18.8 Å². The van der Waals surface area contributed by atoms with Crippen LogP contribution in [0.15, 0.2) is 30.6 Å². The lowest BCUT2D eigenvalue weighted by atomic mass is 10.2. The van der Waals surface area contributed by atoms with E-state index < -0.39 is 0 Å². The van der Waals surface area contributed by atoms with Crippen molar-refractivity contribution in [2.75, 3.05) is 13.2 Å². The van der Waals surface area contributed by atoms with Gasteiger partial charge < -0.3 is 9.64 Å². The van der Waals surface area contributed by atoms with E-state index in [1.165, 1.54) is 0 Å². The standard InChI is InChI=1S/C18H24N4O2/c1-2-5-15-10-17(21-20-15)18(23)22(13-16-7-4-9-24-16)12-14-6-3-8-19-11-14/h3,6,8,10-11,16H,2,4-5,7,9,12-13H2,1H3,(H,20,21). The van der Waals surface area contributed by atoms with E-state index >= 15 is 0 Å². The van der Waals surface area contributed by atoms with Crippen LogP contribution in [0.2, 0.25) is 0 Å². The SMILES string of the molecule is CCCc1cc(C(=O)N(Cc2cccnc2)CC2CCCO2)n[nH]1. The largest absolute Gasteiger partial charge is 0.376 e. The topological polar surface area (TPSA) is 71.1 Å². The molecule has 2 aromatic rings. The summed E-state index contributed by atoms with van der Waals surface area (Å²) in [6.45, 7) is 3.99. The van der Waals surface area contributed by atoms with Gasteiger partial charge in [0.05, 0.1) is 6.10 Å². The van der Waals surface area contributed by atoms with E-state index in [0.717, 1.165) is 43.5 Å². The third-order valence-corrected chi connectivity index (χ3v) is 4.20. The smallest absolute Gasteiger partial charge is 0.274 e. The van der Waals surface area contributed by atoms with Crippen molar-refractivity contribution in [1.82, 2.24) is 20.1 Å². The van der Waals surface area contributed by atoms with Gasteiger partial charge in [0.1, 0.15) is 5.69 Å². The fourth-order valence-electron chi connectivity index (χ4n) is 3.00. The van der Waals surface area contributed by atoms with Gasteiger partial charge in [-0.1, -0.05) is 19.4 Å². The van der Waals surface area contributed by atoms with E-state index in [1.807, 2.05) is 23.1 Å². The maximum atomic E-state index is 12.9.